The van der Waals surface area contributed by atoms with Crippen molar-refractivity contribution < 1.29 is 18.1 Å². The molecule has 1 fully saturated rings. The summed E-state index contributed by atoms with van der Waals surface area (Å²) < 4.78 is 27.1. The minimum absolute atomic E-state index is 0.0188. The molecule has 9 heteroatoms. The highest BCUT2D eigenvalue weighted by molar-refractivity contribution is 7.89. The summed E-state index contributed by atoms with van der Waals surface area (Å²) in [5.41, 5.74) is 1.20. The lowest BCUT2D eigenvalue weighted by molar-refractivity contribution is -0.384. The number of carbonyl (C=O) groups excluding carboxylic acids is 1. The highest BCUT2D eigenvalue weighted by atomic mass is 32.2. The van der Waals surface area contributed by atoms with Crippen LogP contribution in [-0.2, 0) is 10.0 Å². The van der Waals surface area contributed by atoms with Crippen LogP contribution in [0.1, 0.15) is 17.3 Å². The predicted octanol–water partition coefficient (Wildman–Crippen LogP) is 2.31. The number of nitrogens with zero attached hydrogens (tertiary/aromatic N) is 3. The number of hydrogen-bond acceptors (Lipinski definition) is 6. The topological polar surface area (TPSA) is 101 Å². The number of ketones is 1. The molecule has 0 unspecified atom stereocenters. The van der Waals surface area contributed by atoms with Gasteiger partial charge in [0, 0.05) is 49.6 Å². The second-order valence-electron chi connectivity index (χ2n) is 6.25. The number of non-ortho nitro benzene ring substituents is 1. The minimum Gasteiger partial charge on any atom is -0.369 e. The fraction of sp³-hybridized carbons (Fsp3) is 0.278. The number of nitro benzene ring substituents is 1. The lowest BCUT2D eigenvalue weighted by Crippen LogP contribution is -2.48. The number of carbonyl (C=O) groups is 1. The van der Waals surface area contributed by atoms with Crippen molar-refractivity contribution in [3.8, 4) is 0 Å². The fourth-order valence-corrected chi connectivity index (χ4v) is 4.47. The molecule has 1 aliphatic rings. The molecule has 1 saturated heterocycles. The lowest BCUT2D eigenvalue weighted by atomic mass is 10.2. The van der Waals surface area contributed by atoms with Crippen molar-refractivity contribution >= 4 is 27.2 Å². The van der Waals surface area contributed by atoms with Crippen LogP contribution < -0.4 is 4.90 Å². The maximum absolute atomic E-state index is 12.8. The number of Topliss-reactive ketones (excluding diaryl/α,β-unsaturated/α-hetero) is 1. The van der Waals surface area contributed by atoms with Crippen LogP contribution in [-0.4, -0.2) is 49.6 Å². The number of benzene rings is 2. The van der Waals surface area contributed by atoms with E-state index in [4.69, 9.17) is 0 Å². The van der Waals surface area contributed by atoms with Gasteiger partial charge in [-0.15, -0.1) is 0 Å². The summed E-state index contributed by atoms with van der Waals surface area (Å²) in [6, 6.07) is 12.3. The Morgan fingerprint density at radius 1 is 1.04 bits per heavy atom. The van der Waals surface area contributed by atoms with Crippen LogP contribution in [0.25, 0.3) is 0 Å². The van der Waals surface area contributed by atoms with Gasteiger partial charge in [-0.3, -0.25) is 14.9 Å². The Hall–Kier alpha value is -2.78. The van der Waals surface area contributed by atoms with E-state index < -0.39 is 14.9 Å². The standard InChI is InChI=1S/C18H19N3O5S/c1-14(22)15-3-2-4-18(13-15)27(25,26)20-11-9-19(10-12-20)16-5-7-17(8-6-16)21(23)24/h2-8,13H,9-12H2,1H3. The van der Waals surface area contributed by atoms with Crippen LogP contribution in [0.2, 0.25) is 0 Å². The van der Waals surface area contributed by atoms with E-state index in [1.807, 2.05) is 4.90 Å². The van der Waals surface area contributed by atoms with Crippen LogP contribution in [0.3, 0.4) is 0 Å². The molecule has 0 radical (unpaired) electrons. The van der Waals surface area contributed by atoms with Gasteiger partial charge in [0.1, 0.15) is 0 Å². The number of piperazine rings is 1. The molecule has 0 saturated carbocycles. The van der Waals surface area contributed by atoms with Crippen molar-refractivity contribution in [2.75, 3.05) is 31.1 Å². The SMILES string of the molecule is CC(=O)c1cccc(S(=O)(=O)N2CCN(c3ccc([N+](=O)[O-])cc3)CC2)c1. The molecule has 0 aliphatic carbocycles. The van der Waals surface area contributed by atoms with Crippen molar-refractivity contribution in [3.05, 3.63) is 64.2 Å². The molecule has 8 nitrogen and oxygen atoms in total. The Morgan fingerprint density at radius 2 is 1.67 bits per heavy atom. The molecular weight excluding hydrogens is 370 g/mol. The molecule has 2 aromatic carbocycles. The van der Waals surface area contributed by atoms with Gasteiger partial charge in [0.2, 0.25) is 10.0 Å². The zero-order valence-corrected chi connectivity index (χ0v) is 15.6. The van der Waals surface area contributed by atoms with E-state index in [1.165, 1.54) is 35.5 Å². The first kappa shape index (κ1) is 19.0. The molecule has 2 aromatic rings. The molecule has 0 atom stereocenters. The molecule has 0 N–H and O–H groups in total. The maximum atomic E-state index is 12.8. The summed E-state index contributed by atoms with van der Waals surface area (Å²) in [5.74, 6) is -0.185. The van der Waals surface area contributed by atoms with Gasteiger partial charge in [-0.25, -0.2) is 8.42 Å². The number of nitro groups is 1. The van der Waals surface area contributed by atoms with E-state index in [9.17, 15) is 23.3 Å². The van der Waals surface area contributed by atoms with Crippen molar-refractivity contribution in [1.29, 1.82) is 0 Å². The summed E-state index contributed by atoms with van der Waals surface area (Å²) in [6.45, 7) is 2.94. The molecule has 0 aromatic heterocycles. The summed E-state index contributed by atoms with van der Waals surface area (Å²) >= 11 is 0. The van der Waals surface area contributed by atoms with Gasteiger partial charge in [0.15, 0.2) is 5.78 Å². The highest BCUT2D eigenvalue weighted by Gasteiger charge is 2.29. The third-order valence-corrected chi connectivity index (χ3v) is 6.44. The van der Waals surface area contributed by atoms with Crippen molar-refractivity contribution in [3.63, 3.8) is 0 Å². The Kier molecular flexibility index (Phi) is 5.24. The summed E-state index contributed by atoms with van der Waals surface area (Å²) in [5, 5.41) is 10.7. The zero-order valence-electron chi connectivity index (χ0n) is 14.7. The molecule has 3 rings (SSSR count). The second-order valence-corrected chi connectivity index (χ2v) is 8.19. The maximum Gasteiger partial charge on any atom is 0.269 e. The molecule has 1 aliphatic heterocycles. The first-order valence-electron chi connectivity index (χ1n) is 8.39. The van der Waals surface area contributed by atoms with Crippen molar-refractivity contribution in [2.24, 2.45) is 0 Å². The van der Waals surface area contributed by atoms with Crippen LogP contribution >= 0.6 is 0 Å². The predicted molar refractivity (Wildman–Crippen MR) is 101 cm³/mol. The van der Waals surface area contributed by atoms with Gasteiger partial charge in [-0.05, 0) is 31.2 Å². The van der Waals surface area contributed by atoms with Gasteiger partial charge in [0.05, 0.1) is 9.82 Å². The van der Waals surface area contributed by atoms with Crippen LogP contribution in [0.4, 0.5) is 11.4 Å². The Morgan fingerprint density at radius 3 is 2.22 bits per heavy atom. The van der Waals surface area contributed by atoms with Crippen LogP contribution in [0.5, 0.6) is 0 Å². The van der Waals surface area contributed by atoms with E-state index in [1.54, 1.807) is 24.3 Å². The Labute approximate surface area is 157 Å². The molecule has 0 amide bonds. The number of sulfonamides is 1. The Bertz CT molecular complexity index is 965. The average molecular weight is 389 g/mol. The van der Waals surface area contributed by atoms with Crippen molar-refractivity contribution in [2.45, 2.75) is 11.8 Å². The van der Waals surface area contributed by atoms with Gasteiger partial charge in [-0.1, -0.05) is 12.1 Å². The molecule has 27 heavy (non-hydrogen) atoms. The van der Waals surface area contributed by atoms with Gasteiger partial charge in [-0.2, -0.15) is 4.31 Å². The fourth-order valence-electron chi connectivity index (χ4n) is 3.00. The van der Waals surface area contributed by atoms with Crippen molar-refractivity contribution in [1.82, 2.24) is 4.31 Å². The van der Waals surface area contributed by atoms with Gasteiger partial charge in [0.25, 0.3) is 5.69 Å². The molecule has 142 valence electrons. The first-order chi connectivity index (χ1) is 12.8. The van der Waals surface area contributed by atoms with E-state index in [0.29, 0.717) is 31.7 Å². The second kappa shape index (κ2) is 7.45. The number of hydrogen-bond donors (Lipinski definition) is 0. The summed E-state index contributed by atoms with van der Waals surface area (Å²) in [4.78, 5) is 23.9. The number of anilines is 1. The third-order valence-electron chi connectivity index (χ3n) is 4.54. The summed E-state index contributed by atoms with van der Waals surface area (Å²) in [6.07, 6.45) is 0. The van der Waals surface area contributed by atoms with Crippen LogP contribution in [0.15, 0.2) is 53.4 Å². The summed E-state index contributed by atoms with van der Waals surface area (Å²) in [7, 11) is -3.68. The smallest absolute Gasteiger partial charge is 0.269 e. The van der Waals surface area contributed by atoms with Gasteiger partial charge < -0.3 is 4.90 Å². The van der Waals surface area contributed by atoms with Crippen LogP contribution in [0, 0.1) is 10.1 Å². The highest BCUT2D eigenvalue weighted by Crippen LogP contribution is 2.23. The molecule has 1 heterocycles. The quantitative estimate of drug-likeness (QED) is 0.442. The molecule has 0 bridgehead atoms. The van der Waals surface area contributed by atoms with Gasteiger partial charge >= 0.3 is 0 Å². The minimum atomic E-state index is -3.68. The van der Waals surface area contributed by atoms with E-state index in [0.717, 1.165) is 5.69 Å². The molecule has 0 spiro atoms. The average Bonchev–Trinajstić information content (AvgIpc) is 2.68. The first-order valence-corrected chi connectivity index (χ1v) is 9.83. The largest absolute Gasteiger partial charge is 0.369 e. The zero-order chi connectivity index (χ0) is 19.6. The lowest BCUT2D eigenvalue weighted by Gasteiger charge is -2.35. The number of rotatable bonds is 5. The van der Waals surface area contributed by atoms with E-state index in [-0.39, 0.29) is 16.4 Å². The Balaban J connectivity index is 1.72. The normalized spacial score (nSPS) is 15.5. The monoisotopic (exact) mass is 389 g/mol. The van der Waals surface area contributed by atoms with E-state index in [2.05, 4.69) is 0 Å². The van der Waals surface area contributed by atoms with E-state index >= 15 is 0 Å². The third kappa shape index (κ3) is 3.99. The molecular formula is C18H19N3O5S.